The molecule has 0 spiro atoms. The molecule has 0 amide bonds. The number of aromatic nitrogens is 2. The van der Waals surface area contributed by atoms with Crippen LogP contribution in [0.4, 0.5) is 5.82 Å². The van der Waals surface area contributed by atoms with E-state index in [1.54, 1.807) is 37.4 Å². The van der Waals surface area contributed by atoms with Gasteiger partial charge in [0, 0.05) is 5.56 Å². The molecule has 0 fully saturated rings. The van der Waals surface area contributed by atoms with Gasteiger partial charge >= 0.3 is 0 Å². The Morgan fingerprint density at radius 1 is 1.13 bits per heavy atom. The van der Waals surface area contributed by atoms with Gasteiger partial charge < -0.3 is 10.5 Å². The van der Waals surface area contributed by atoms with Crippen molar-refractivity contribution in [2.75, 3.05) is 12.8 Å². The largest absolute Gasteiger partial charge is 0.494 e. The van der Waals surface area contributed by atoms with Gasteiger partial charge in [-0.05, 0) is 24.3 Å². The van der Waals surface area contributed by atoms with Gasteiger partial charge in [0.1, 0.15) is 17.3 Å². The molecule has 5 nitrogen and oxygen atoms in total. The average molecular weight is 328 g/mol. The standard InChI is InChI=1S/C17H14ClN3O2/c1-23-15-9-5-4-8-14(15)21-17(19)12(10-20-21)16(22)11-6-2-3-7-13(11)18/h2-10H,19H2,1H3. The Morgan fingerprint density at radius 2 is 1.83 bits per heavy atom. The lowest BCUT2D eigenvalue weighted by Crippen LogP contribution is -2.08. The number of nitrogens with two attached hydrogens (primary N) is 1. The van der Waals surface area contributed by atoms with E-state index in [4.69, 9.17) is 22.1 Å². The third-order valence-electron chi connectivity index (χ3n) is 3.48. The highest BCUT2D eigenvalue weighted by atomic mass is 35.5. The van der Waals surface area contributed by atoms with Gasteiger partial charge in [-0.15, -0.1) is 0 Å². The molecule has 1 aromatic heterocycles. The zero-order valence-electron chi connectivity index (χ0n) is 12.4. The summed E-state index contributed by atoms with van der Waals surface area (Å²) in [6.07, 6.45) is 1.44. The first-order valence-electron chi connectivity index (χ1n) is 6.89. The fourth-order valence-corrected chi connectivity index (χ4v) is 2.54. The first-order chi connectivity index (χ1) is 11.1. The molecular weight excluding hydrogens is 314 g/mol. The van der Waals surface area contributed by atoms with Crippen molar-refractivity contribution < 1.29 is 9.53 Å². The van der Waals surface area contributed by atoms with Crippen LogP contribution in [-0.4, -0.2) is 22.7 Å². The van der Waals surface area contributed by atoms with Gasteiger partial charge in [-0.1, -0.05) is 35.9 Å². The normalized spacial score (nSPS) is 10.5. The van der Waals surface area contributed by atoms with E-state index in [0.29, 0.717) is 27.6 Å². The van der Waals surface area contributed by atoms with Crippen LogP contribution in [0.1, 0.15) is 15.9 Å². The van der Waals surface area contributed by atoms with E-state index >= 15 is 0 Å². The fourth-order valence-electron chi connectivity index (χ4n) is 2.32. The number of benzene rings is 2. The molecule has 23 heavy (non-hydrogen) atoms. The number of nitrogens with zero attached hydrogens (tertiary/aromatic N) is 2. The van der Waals surface area contributed by atoms with E-state index in [-0.39, 0.29) is 11.6 Å². The van der Waals surface area contributed by atoms with E-state index in [1.165, 1.54) is 10.9 Å². The summed E-state index contributed by atoms with van der Waals surface area (Å²) < 4.78 is 6.78. The molecule has 3 aromatic rings. The fraction of sp³-hybridized carbons (Fsp3) is 0.0588. The molecule has 0 aliphatic carbocycles. The Kier molecular flexibility index (Phi) is 4.04. The van der Waals surface area contributed by atoms with E-state index in [2.05, 4.69) is 5.10 Å². The maximum Gasteiger partial charge on any atom is 0.199 e. The van der Waals surface area contributed by atoms with Crippen LogP contribution in [-0.2, 0) is 0 Å². The maximum atomic E-state index is 12.6. The lowest BCUT2D eigenvalue weighted by Gasteiger charge is -2.10. The van der Waals surface area contributed by atoms with Crippen LogP contribution in [0.5, 0.6) is 5.75 Å². The zero-order chi connectivity index (χ0) is 16.4. The number of hydrogen-bond donors (Lipinski definition) is 1. The first kappa shape index (κ1) is 15.1. The molecule has 3 rings (SSSR count). The van der Waals surface area contributed by atoms with Crippen LogP contribution in [0.25, 0.3) is 5.69 Å². The summed E-state index contributed by atoms with van der Waals surface area (Å²) in [7, 11) is 1.56. The van der Waals surface area contributed by atoms with Crippen LogP contribution < -0.4 is 10.5 Å². The number of para-hydroxylation sites is 2. The summed E-state index contributed by atoms with van der Waals surface area (Å²) in [5.74, 6) is 0.577. The second-order valence-electron chi connectivity index (χ2n) is 4.84. The minimum absolute atomic E-state index is 0.236. The molecule has 6 heteroatoms. The number of nitrogen functional groups attached to an aromatic ring is 1. The van der Waals surface area contributed by atoms with Crippen molar-refractivity contribution >= 4 is 23.2 Å². The Morgan fingerprint density at radius 3 is 2.57 bits per heavy atom. The van der Waals surface area contributed by atoms with Gasteiger partial charge in [0.25, 0.3) is 0 Å². The van der Waals surface area contributed by atoms with Gasteiger partial charge in [-0.3, -0.25) is 4.79 Å². The van der Waals surface area contributed by atoms with Gasteiger partial charge in [-0.2, -0.15) is 5.10 Å². The molecule has 0 saturated heterocycles. The van der Waals surface area contributed by atoms with Crippen LogP contribution >= 0.6 is 11.6 Å². The number of hydrogen-bond acceptors (Lipinski definition) is 4. The van der Waals surface area contributed by atoms with Crippen molar-refractivity contribution in [3.8, 4) is 11.4 Å². The second kappa shape index (κ2) is 6.14. The van der Waals surface area contributed by atoms with Gasteiger partial charge in [0.15, 0.2) is 5.78 Å². The minimum Gasteiger partial charge on any atom is -0.494 e. The lowest BCUT2D eigenvalue weighted by molar-refractivity contribution is 0.103. The summed E-state index contributed by atoms with van der Waals surface area (Å²) in [4.78, 5) is 12.6. The number of methoxy groups -OCH3 is 1. The summed E-state index contributed by atoms with van der Waals surface area (Å²) in [5.41, 5.74) is 7.47. The van der Waals surface area contributed by atoms with E-state index in [9.17, 15) is 4.79 Å². The Balaban J connectivity index is 2.07. The molecule has 0 atom stereocenters. The number of halogens is 1. The number of ketones is 1. The van der Waals surface area contributed by atoms with Crippen molar-refractivity contribution in [3.05, 3.63) is 70.9 Å². The minimum atomic E-state index is -0.269. The molecule has 0 aliphatic heterocycles. The van der Waals surface area contributed by atoms with Crippen molar-refractivity contribution in [2.24, 2.45) is 0 Å². The van der Waals surface area contributed by atoms with Crippen LogP contribution in [0.15, 0.2) is 54.7 Å². The van der Waals surface area contributed by atoms with E-state index < -0.39 is 0 Å². The number of ether oxygens (including phenoxy) is 1. The zero-order valence-corrected chi connectivity index (χ0v) is 13.1. The molecule has 1 heterocycles. The lowest BCUT2D eigenvalue weighted by atomic mass is 10.1. The summed E-state index contributed by atoms with van der Waals surface area (Å²) in [5, 5.41) is 4.60. The quantitative estimate of drug-likeness (QED) is 0.746. The van der Waals surface area contributed by atoms with E-state index in [1.807, 2.05) is 18.2 Å². The third kappa shape index (κ3) is 2.66. The van der Waals surface area contributed by atoms with Gasteiger partial charge in [0.2, 0.25) is 0 Å². The number of carbonyl (C=O) groups is 1. The molecular formula is C17H14ClN3O2. The highest BCUT2D eigenvalue weighted by molar-refractivity contribution is 6.35. The predicted octanol–water partition coefficient (Wildman–Crippen LogP) is 3.35. The average Bonchev–Trinajstić information content (AvgIpc) is 2.96. The second-order valence-corrected chi connectivity index (χ2v) is 5.24. The third-order valence-corrected chi connectivity index (χ3v) is 3.81. The highest BCUT2D eigenvalue weighted by Gasteiger charge is 2.20. The van der Waals surface area contributed by atoms with Crippen LogP contribution in [0, 0.1) is 0 Å². The smallest absolute Gasteiger partial charge is 0.199 e. The van der Waals surface area contributed by atoms with Crippen molar-refractivity contribution in [1.82, 2.24) is 9.78 Å². The van der Waals surface area contributed by atoms with Crippen molar-refractivity contribution in [1.29, 1.82) is 0 Å². The number of anilines is 1. The number of carbonyl (C=O) groups excluding carboxylic acids is 1. The molecule has 0 radical (unpaired) electrons. The highest BCUT2D eigenvalue weighted by Crippen LogP contribution is 2.27. The van der Waals surface area contributed by atoms with Crippen molar-refractivity contribution in [3.63, 3.8) is 0 Å². The maximum absolute atomic E-state index is 12.6. The Labute approximate surface area is 138 Å². The Hall–Kier alpha value is -2.79. The molecule has 0 unspecified atom stereocenters. The molecule has 2 aromatic carbocycles. The Bertz CT molecular complexity index is 874. The summed E-state index contributed by atoms with van der Waals surface area (Å²) in [6, 6.07) is 14.1. The molecule has 0 aliphatic rings. The first-order valence-corrected chi connectivity index (χ1v) is 7.27. The van der Waals surface area contributed by atoms with Gasteiger partial charge in [-0.25, -0.2) is 4.68 Å². The molecule has 0 saturated carbocycles. The SMILES string of the molecule is COc1ccccc1-n1ncc(C(=O)c2ccccc2Cl)c1N. The summed E-state index contributed by atoms with van der Waals surface area (Å²) >= 11 is 6.08. The topological polar surface area (TPSA) is 70.1 Å². The predicted molar refractivity (Wildman–Crippen MR) is 89.4 cm³/mol. The molecule has 2 N–H and O–H groups in total. The van der Waals surface area contributed by atoms with Crippen molar-refractivity contribution in [2.45, 2.75) is 0 Å². The van der Waals surface area contributed by atoms with Crippen LogP contribution in [0.2, 0.25) is 5.02 Å². The van der Waals surface area contributed by atoms with E-state index in [0.717, 1.165) is 0 Å². The number of rotatable bonds is 4. The monoisotopic (exact) mass is 327 g/mol. The van der Waals surface area contributed by atoms with Crippen LogP contribution in [0.3, 0.4) is 0 Å². The molecule has 0 bridgehead atoms. The molecule has 116 valence electrons. The summed E-state index contributed by atoms with van der Waals surface area (Å²) in [6.45, 7) is 0. The van der Waals surface area contributed by atoms with Gasteiger partial charge in [0.05, 0.1) is 23.9 Å².